The Morgan fingerprint density at radius 3 is 2.91 bits per heavy atom. The van der Waals surface area contributed by atoms with E-state index in [1.54, 1.807) is 0 Å². The molecule has 64 valence electrons. The third kappa shape index (κ3) is 2.48. The number of rotatable bonds is 3. The molecular weight excluding hydrogens is 144 g/mol. The normalized spacial score (nSPS) is 26.8. The van der Waals surface area contributed by atoms with Gasteiger partial charge in [-0.25, -0.2) is 0 Å². The first-order valence-electron chi connectivity index (χ1n) is 3.82. The van der Waals surface area contributed by atoms with E-state index in [1.807, 2.05) is 0 Å². The van der Waals surface area contributed by atoms with Crippen molar-refractivity contribution >= 4 is 5.91 Å². The highest BCUT2D eigenvalue weighted by molar-refractivity contribution is 5.74. The van der Waals surface area contributed by atoms with Gasteiger partial charge in [0.15, 0.2) is 0 Å². The van der Waals surface area contributed by atoms with E-state index in [4.69, 9.17) is 16.2 Å². The average Bonchev–Trinajstić information content (AvgIpc) is 2.35. The molecule has 4 heteroatoms. The summed E-state index contributed by atoms with van der Waals surface area (Å²) < 4.78 is 5.13. The van der Waals surface area contributed by atoms with Crippen molar-refractivity contribution in [1.82, 2.24) is 0 Å². The van der Waals surface area contributed by atoms with Gasteiger partial charge in [-0.15, -0.1) is 0 Å². The number of hydrogen-bond acceptors (Lipinski definition) is 3. The van der Waals surface area contributed by atoms with E-state index in [0.717, 1.165) is 13.0 Å². The molecule has 1 amide bonds. The highest BCUT2D eigenvalue weighted by Gasteiger charge is 2.23. The van der Waals surface area contributed by atoms with Crippen molar-refractivity contribution in [3.05, 3.63) is 0 Å². The molecule has 1 unspecified atom stereocenters. The van der Waals surface area contributed by atoms with Crippen LogP contribution in [0.2, 0.25) is 0 Å². The van der Waals surface area contributed by atoms with E-state index in [-0.39, 0.29) is 18.4 Å². The molecule has 1 saturated heterocycles. The standard InChI is InChI=1S/C7H14N2O2/c8-6(3-7(9)10)5-1-2-11-4-5/h5-6H,1-4,8H2,(H2,9,10)/t5?,6-/m0/s1. The summed E-state index contributed by atoms with van der Waals surface area (Å²) in [4.78, 5) is 10.5. The Bertz CT molecular complexity index is 143. The molecule has 4 N–H and O–H groups in total. The molecule has 1 rings (SSSR count). The predicted octanol–water partition coefficient (Wildman–Crippen LogP) is -0.774. The Morgan fingerprint density at radius 2 is 2.45 bits per heavy atom. The number of amides is 1. The second-order valence-corrected chi connectivity index (χ2v) is 2.96. The first kappa shape index (κ1) is 8.49. The quantitative estimate of drug-likeness (QED) is 0.566. The number of nitrogens with two attached hydrogens (primary N) is 2. The van der Waals surface area contributed by atoms with Crippen LogP contribution in [-0.2, 0) is 9.53 Å². The zero-order valence-electron chi connectivity index (χ0n) is 6.45. The van der Waals surface area contributed by atoms with Crippen molar-refractivity contribution in [1.29, 1.82) is 0 Å². The number of carbonyl (C=O) groups excluding carboxylic acids is 1. The van der Waals surface area contributed by atoms with E-state index in [2.05, 4.69) is 0 Å². The third-order valence-corrected chi connectivity index (χ3v) is 2.01. The molecule has 1 aliphatic rings. The minimum atomic E-state index is -0.329. The second kappa shape index (κ2) is 3.69. The molecule has 0 radical (unpaired) electrons. The van der Waals surface area contributed by atoms with Crippen LogP contribution in [0.5, 0.6) is 0 Å². The third-order valence-electron chi connectivity index (χ3n) is 2.01. The van der Waals surface area contributed by atoms with Gasteiger partial charge in [-0.3, -0.25) is 4.79 Å². The van der Waals surface area contributed by atoms with Gasteiger partial charge in [0.1, 0.15) is 0 Å². The molecule has 1 heterocycles. The Labute approximate surface area is 65.9 Å². The lowest BCUT2D eigenvalue weighted by Crippen LogP contribution is -2.34. The fraction of sp³-hybridized carbons (Fsp3) is 0.857. The summed E-state index contributed by atoms with van der Waals surface area (Å²) in [7, 11) is 0. The van der Waals surface area contributed by atoms with Gasteiger partial charge in [-0.05, 0) is 6.42 Å². The maximum atomic E-state index is 10.5. The molecule has 0 aromatic carbocycles. The summed E-state index contributed by atoms with van der Waals surface area (Å²) in [5.41, 5.74) is 10.7. The minimum Gasteiger partial charge on any atom is -0.381 e. The lowest BCUT2D eigenvalue weighted by molar-refractivity contribution is -0.118. The van der Waals surface area contributed by atoms with Gasteiger partial charge in [0, 0.05) is 25.0 Å². The van der Waals surface area contributed by atoms with Crippen LogP contribution >= 0.6 is 0 Å². The molecule has 0 aliphatic carbocycles. The maximum Gasteiger partial charge on any atom is 0.218 e. The van der Waals surface area contributed by atoms with Crippen LogP contribution in [0.4, 0.5) is 0 Å². The van der Waals surface area contributed by atoms with Crippen molar-refractivity contribution in [3.63, 3.8) is 0 Å². The minimum absolute atomic E-state index is 0.116. The van der Waals surface area contributed by atoms with Gasteiger partial charge in [0.2, 0.25) is 5.91 Å². The topological polar surface area (TPSA) is 78.3 Å². The molecule has 2 atom stereocenters. The molecule has 11 heavy (non-hydrogen) atoms. The lowest BCUT2D eigenvalue weighted by atomic mass is 9.97. The van der Waals surface area contributed by atoms with E-state index in [1.165, 1.54) is 0 Å². The van der Waals surface area contributed by atoms with Gasteiger partial charge in [0.25, 0.3) is 0 Å². The number of carbonyl (C=O) groups is 1. The summed E-state index contributed by atoms with van der Waals surface area (Å²) >= 11 is 0. The molecule has 1 aliphatic heterocycles. The smallest absolute Gasteiger partial charge is 0.218 e. The SMILES string of the molecule is NC(=O)C[C@H](N)C1CCOC1. The largest absolute Gasteiger partial charge is 0.381 e. The molecule has 0 bridgehead atoms. The number of primary amides is 1. The predicted molar refractivity (Wildman–Crippen MR) is 40.7 cm³/mol. The number of ether oxygens (including phenoxy) is 1. The van der Waals surface area contributed by atoms with Crippen LogP contribution in [0.1, 0.15) is 12.8 Å². The number of hydrogen-bond donors (Lipinski definition) is 2. The van der Waals surface area contributed by atoms with Gasteiger partial charge in [-0.2, -0.15) is 0 Å². The van der Waals surface area contributed by atoms with Crippen molar-refractivity contribution in [2.24, 2.45) is 17.4 Å². The van der Waals surface area contributed by atoms with Gasteiger partial charge < -0.3 is 16.2 Å². The maximum absolute atomic E-state index is 10.5. The zero-order valence-corrected chi connectivity index (χ0v) is 6.45. The molecular formula is C7H14N2O2. The lowest BCUT2D eigenvalue weighted by Gasteiger charge is -2.14. The van der Waals surface area contributed by atoms with Crippen LogP contribution in [0.3, 0.4) is 0 Å². The van der Waals surface area contributed by atoms with E-state index >= 15 is 0 Å². The van der Waals surface area contributed by atoms with Crippen LogP contribution in [0.25, 0.3) is 0 Å². The Kier molecular flexibility index (Phi) is 2.84. The van der Waals surface area contributed by atoms with Crippen molar-refractivity contribution < 1.29 is 9.53 Å². The highest BCUT2D eigenvalue weighted by atomic mass is 16.5. The monoisotopic (exact) mass is 158 g/mol. The van der Waals surface area contributed by atoms with Crippen LogP contribution in [-0.4, -0.2) is 25.2 Å². The first-order valence-corrected chi connectivity index (χ1v) is 3.82. The van der Waals surface area contributed by atoms with Crippen LogP contribution < -0.4 is 11.5 Å². The fourth-order valence-electron chi connectivity index (χ4n) is 1.29. The van der Waals surface area contributed by atoms with Crippen LogP contribution in [0, 0.1) is 5.92 Å². The Balaban J connectivity index is 2.28. The molecule has 1 fully saturated rings. The van der Waals surface area contributed by atoms with E-state index in [9.17, 15) is 4.79 Å². The van der Waals surface area contributed by atoms with E-state index in [0.29, 0.717) is 12.5 Å². The second-order valence-electron chi connectivity index (χ2n) is 2.96. The molecule has 0 aromatic rings. The summed E-state index contributed by atoms with van der Waals surface area (Å²) in [6, 6.07) is -0.116. The molecule has 4 nitrogen and oxygen atoms in total. The van der Waals surface area contributed by atoms with Gasteiger partial charge in [0.05, 0.1) is 6.61 Å². The summed E-state index contributed by atoms with van der Waals surface area (Å²) in [6.45, 7) is 1.44. The zero-order chi connectivity index (χ0) is 8.27. The Morgan fingerprint density at radius 1 is 1.73 bits per heavy atom. The van der Waals surface area contributed by atoms with Crippen molar-refractivity contribution in [3.8, 4) is 0 Å². The van der Waals surface area contributed by atoms with Crippen molar-refractivity contribution in [2.75, 3.05) is 13.2 Å². The first-order chi connectivity index (χ1) is 5.20. The molecule has 0 saturated carbocycles. The van der Waals surface area contributed by atoms with Crippen LogP contribution in [0.15, 0.2) is 0 Å². The highest BCUT2D eigenvalue weighted by Crippen LogP contribution is 2.16. The summed E-state index contributed by atoms with van der Waals surface area (Å²) in [5.74, 6) is -0.00750. The van der Waals surface area contributed by atoms with Crippen molar-refractivity contribution in [2.45, 2.75) is 18.9 Å². The fourth-order valence-corrected chi connectivity index (χ4v) is 1.29. The molecule has 0 spiro atoms. The van der Waals surface area contributed by atoms with Gasteiger partial charge >= 0.3 is 0 Å². The summed E-state index contributed by atoms with van der Waals surface area (Å²) in [5, 5.41) is 0. The average molecular weight is 158 g/mol. The summed E-state index contributed by atoms with van der Waals surface area (Å²) in [6.07, 6.45) is 1.22. The van der Waals surface area contributed by atoms with E-state index < -0.39 is 0 Å². The molecule has 0 aromatic heterocycles. The van der Waals surface area contributed by atoms with Gasteiger partial charge in [-0.1, -0.05) is 0 Å². The Hall–Kier alpha value is -0.610.